The Balaban J connectivity index is 1.76. The van der Waals surface area contributed by atoms with Gasteiger partial charge in [0.2, 0.25) is 0 Å². The predicted molar refractivity (Wildman–Crippen MR) is 81.8 cm³/mol. The van der Waals surface area contributed by atoms with Gasteiger partial charge in [0.15, 0.2) is 0 Å². The number of anilines is 1. The van der Waals surface area contributed by atoms with Crippen molar-refractivity contribution in [2.75, 3.05) is 24.6 Å². The Labute approximate surface area is 122 Å². The van der Waals surface area contributed by atoms with Crippen LogP contribution in [0.1, 0.15) is 19.3 Å². The first kappa shape index (κ1) is 11.9. The van der Waals surface area contributed by atoms with Crippen LogP contribution in [0.2, 0.25) is 0 Å². The summed E-state index contributed by atoms with van der Waals surface area (Å²) in [6.07, 6.45) is 3.70. The van der Waals surface area contributed by atoms with E-state index in [0.717, 1.165) is 23.5 Å². The van der Waals surface area contributed by atoms with Crippen molar-refractivity contribution in [2.45, 2.75) is 24.8 Å². The van der Waals surface area contributed by atoms with Gasteiger partial charge < -0.3 is 4.90 Å². The molecule has 0 aromatic heterocycles. The summed E-state index contributed by atoms with van der Waals surface area (Å²) in [6, 6.07) is 10.6. The van der Waals surface area contributed by atoms with E-state index in [0.29, 0.717) is 0 Å². The van der Waals surface area contributed by atoms with Crippen LogP contribution in [0.5, 0.6) is 0 Å². The molecule has 5 rings (SSSR count). The van der Waals surface area contributed by atoms with E-state index in [2.05, 4.69) is 56.2 Å². The molecule has 0 N–H and O–H groups in total. The maximum Gasteiger partial charge on any atom is 0.106 e. The summed E-state index contributed by atoms with van der Waals surface area (Å²) in [5.74, 6) is 0.775. The second kappa shape index (κ2) is 4.32. The molecule has 3 saturated heterocycles. The molecule has 4 heteroatoms. The molecule has 4 aliphatic heterocycles. The summed E-state index contributed by atoms with van der Waals surface area (Å²) in [4.78, 5) is 2.61. The van der Waals surface area contributed by atoms with Crippen molar-refractivity contribution in [2.24, 2.45) is 11.0 Å². The van der Waals surface area contributed by atoms with Gasteiger partial charge in [-0.3, -0.25) is 5.01 Å². The van der Waals surface area contributed by atoms with E-state index in [-0.39, 0.29) is 5.54 Å². The Morgan fingerprint density at radius 1 is 1.16 bits per heavy atom. The highest BCUT2D eigenvalue weighted by Crippen LogP contribution is 2.47. The molecule has 0 radical (unpaired) electrons. The predicted octanol–water partition coefficient (Wildman–Crippen LogP) is 3.07. The third-order valence-electron chi connectivity index (χ3n) is 4.93. The van der Waals surface area contributed by atoms with Gasteiger partial charge in [-0.15, -0.1) is 0 Å². The van der Waals surface area contributed by atoms with Gasteiger partial charge in [0.25, 0.3) is 0 Å². The third kappa shape index (κ3) is 1.77. The lowest BCUT2D eigenvalue weighted by Gasteiger charge is -2.54. The fourth-order valence-electron chi connectivity index (χ4n) is 4.04. The molecule has 0 saturated carbocycles. The maximum absolute atomic E-state index is 4.79. The van der Waals surface area contributed by atoms with Gasteiger partial charge in [-0.1, -0.05) is 18.2 Å². The van der Waals surface area contributed by atoms with Crippen molar-refractivity contribution >= 4 is 26.2 Å². The standard InChI is InChI=1S/C15H18BrN3/c16-14-10-15(11-18-8-6-12(15)7-9-18)19(17-14)13-4-2-1-3-5-13/h1-5,12H,6-11H2. The SMILES string of the molecule is BrC1=NN(c2ccccc2)C2(C1)CN1CCC2CC1. The molecule has 3 fully saturated rings. The number of hydrogen-bond donors (Lipinski definition) is 0. The van der Waals surface area contributed by atoms with Crippen molar-refractivity contribution in [3.05, 3.63) is 30.3 Å². The van der Waals surface area contributed by atoms with Crippen molar-refractivity contribution in [1.82, 2.24) is 4.90 Å². The molecule has 1 spiro atoms. The van der Waals surface area contributed by atoms with Crippen LogP contribution in [0.25, 0.3) is 0 Å². The van der Waals surface area contributed by atoms with Crippen LogP contribution in [0.15, 0.2) is 35.4 Å². The molecular weight excluding hydrogens is 302 g/mol. The van der Waals surface area contributed by atoms with Crippen molar-refractivity contribution in [3.63, 3.8) is 0 Å². The zero-order valence-electron chi connectivity index (χ0n) is 10.9. The lowest BCUT2D eigenvalue weighted by atomic mass is 9.71. The van der Waals surface area contributed by atoms with E-state index >= 15 is 0 Å². The molecule has 0 amide bonds. The van der Waals surface area contributed by atoms with Gasteiger partial charge in [0.05, 0.1) is 11.2 Å². The van der Waals surface area contributed by atoms with Gasteiger partial charge in [0, 0.05) is 13.0 Å². The lowest BCUT2D eigenvalue weighted by Crippen LogP contribution is -2.64. The molecule has 4 aliphatic rings. The first-order valence-electron chi connectivity index (χ1n) is 7.09. The topological polar surface area (TPSA) is 18.8 Å². The van der Waals surface area contributed by atoms with Gasteiger partial charge in [-0.2, -0.15) is 5.10 Å². The van der Waals surface area contributed by atoms with Crippen LogP contribution in [0, 0.1) is 5.92 Å². The molecule has 19 heavy (non-hydrogen) atoms. The van der Waals surface area contributed by atoms with Crippen LogP contribution in [0.4, 0.5) is 5.69 Å². The monoisotopic (exact) mass is 319 g/mol. The normalized spacial score (nSPS) is 36.9. The van der Waals surface area contributed by atoms with Crippen LogP contribution in [-0.2, 0) is 0 Å². The number of para-hydroxylation sites is 1. The maximum atomic E-state index is 4.79. The number of hydrazone groups is 1. The Bertz CT molecular complexity index is 507. The number of rotatable bonds is 1. The molecule has 0 aliphatic carbocycles. The summed E-state index contributed by atoms with van der Waals surface area (Å²) in [6.45, 7) is 3.70. The smallest absolute Gasteiger partial charge is 0.106 e. The van der Waals surface area contributed by atoms with Gasteiger partial charge >= 0.3 is 0 Å². The van der Waals surface area contributed by atoms with E-state index in [4.69, 9.17) is 5.10 Å². The molecule has 4 heterocycles. The van der Waals surface area contributed by atoms with E-state index < -0.39 is 0 Å². The Morgan fingerprint density at radius 3 is 2.53 bits per heavy atom. The van der Waals surface area contributed by atoms with Crippen LogP contribution < -0.4 is 5.01 Å². The highest BCUT2D eigenvalue weighted by molar-refractivity contribution is 9.18. The summed E-state index contributed by atoms with van der Waals surface area (Å²) in [5.41, 5.74) is 1.42. The van der Waals surface area contributed by atoms with Crippen molar-refractivity contribution in [3.8, 4) is 0 Å². The van der Waals surface area contributed by atoms with Crippen molar-refractivity contribution in [1.29, 1.82) is 0 Å². The number of piperidine rings is 3. The number of nitrogens with zero attached hydrogens (tertiary/aromatic N) is 3. The average Bonchev–Trinajstić information content (AvgIpc) is 2.77. The molecular formula is C15H18BrN3. The minimum Gasteiger partial charge on any atom is -0.301 e. The summed E-state index contributed by atoms with van der Waals surface area (Å²) in [5, 5.41) is 7.09. The Hall–Kier alpha value is -0.870. The minimum absolute atomic E-state index is 0.191. The number of halogens is 1. The Kier molecular flexibility index (Phi) is 2.71. The zero-order chi connectivity index (χ0) is 12.9. The quantitative estimate of drug-likeness (QED) is 0.792. The van der Waals surface area contributed by atoms with E-state index in [1.54, 1.807) is 0 Å². The molecule has 1 unspecified atom stereocenters. The second-order valence-corrected chi connectivity index (χ2v) is 6.87. The molecule has 3 nitrogen and oxygen atoms in total. The number of hydrogen-bond acceptors (Lipinski definition) is 3. The number of fused-ring (bicyclic) bond motifs is 2. The highest BCUT2D eigenvalue weighted by Gasteiger charge is 2.53. The largest absolute Gasteiger partial charge is 0.301 e. The molecule has 1 aromatic carbocycles. The van der Waals surface area contributed by atoms with Crippen molar-refractivity contribution < 1.29 is 0 Å². The second-order valence-electron chi connectivity index (χ2n) is 5.95. The Morgan fingerprint density at radius 2 is 1.89 bits per heavy atom. The summed E-state index contributed by atoms with van der Waals surface area (Å²) in [7, 11) is 0. The van der Waals surface area contributed by atoms with Gasteiger partial charge in [-0.05, 0) is 59.9 Å². The first-order valence-corrected chi connectivity index (χ1v) is 7.88. The number of benzene rings is 1. The minimum atomic E-state index is 0.191. The lowest BCUT2D eigenvalue weighted by molar-refractivity contribution is 0.0319. The molecule has 100 valence electrons. The van der Waals surface area contributed by atoms with Crippen LogP contribution in [0.3, 0.4) is 0 Å². The van der Waals surface area contributed by atoms with Crippen LogP contribution in [-0.4, -0.2) is 34.7 Å². The first-order chi connectivity index (χ1) is 9.28. The zero-order valence-corrected chi connectivity index (χ0v) is 12.5. The molecule has 1 aromatic rings. The fraction of sp³-hybridized carbons (Fsp3) is 0.533. The average molecular weight is 320 g/mol. The van der Waals surface area contributed by atoms with E-state index in [9.17, 15) is 0 Å². The summed E-state index contributed by atoms with van der Waals surface area (Å²) >= 11 is 3.65. The third-order valence-corrected chi connectivity index (χ3v) is 5.37. The van der Waals surface area contributed by atoms with E-state index in [1.807, 2.05) is 0 Å². The van der Waals surface area contributed by atoms with Gasteiger partial charge in [0.1, 0.15) is 4.62 Å². The van der Waals surface area contributed by atoms with E-state index in [1.165, 1.54) is 31.6 Å². The fourth-order valence-corrected chi connectivity index (χ4v) is 4.68. The molecule has 1 atom stereocenters. The van der Waals surface area contributed by atoms with Crippen LogP contribution >= 0.6 is 15.9 Å². The highest BCUT2D eigenvalue weighted by atomic mass is 79.9. The molecule has 2 bridgehead atoms. The van der Waals surface area contributed by atoms with Gasteiger partial charge in [-0.25, -0.2) is 0 Å². The summed E-state index contributed by atoms with van der Waals surface area (Å²) < 4.78 is 1.10.